The Kier molecular flexibility index (Phi) is 4.84. The Morgan fingerprint density at radius 1 is 1.35 bits per heavy atom. The molecule has 1 aromatic heterocycles. The minimum atomic E-state index is -0.150. The number of ether oxygens (including phenoxy) is 1. The maximum absolute atomic E-state index is 12.3. The van der Waals surface area contributed by atoms with Crippen molar-refractivity contribution in [3.8, 4) is 0 Å². The molecule has 0 aliphatic carbocycles. The lowest BCUT2D eigenvalue weighted by atomic mass is 10.2. The maximum atomic E-state index is 12.3. The smallest absolute Gasteiger partial charge is 0.267 e. The zero-order valence-electron chi connectivity index (χ0n) is 13.1. The summed E-state index contributed by atoms with van der Waals surface area (Å²) in [4.78, 5) is 19.4. The molecule has 23 heavy (non-hydrogen) atoms. The van der Waals surface area contributed by atoms with E-state index in [9.17, 15) is 4.79 Å². The highest BCUT2D eigenvalue weighted by Gasteiger charge is 2.17. The Bertz CT molecular complexity index is 726. The second-order valence-electron chi connectivity index (χ2n) is 5.37. The first-order chi connectivity index (χ1) is 11.0. The third-order valence-electron chi connectivity index (χ3n) is 3.67. The number of hydrogen-bond donors (Lipinski definition) is 1. The molecule has 1 amide bonds. The number of nitrogens with zero attached hydrogens (tertiary/aromatic N) is 2. The number of morpholine rings is 1. The van der Waals surface area contributed by atoms with E-state index >= 15 is 0 Å². The van der Waals surface area contributed by atoms with Crippen LogP contribution in [0.5, 0.6) is 0 Å². The van der Waals surface area contributed by atoms with Gasteiger partial charge in [0.15, 0.2) is 0 Å². The summed E-state index contributed by atoms with van der Waals surface area (Å²) in [5, 5.41) is 4.40. The lowest BCUT2D eigenvalue weighted by molar-refractivity contribution is 0.103. The highest BCUT2D eigenvalue weighted by Crippen LogP contribution is 2.30. The van der Waals surface area contributed by atoms with Crippen molar-refractivity contribution in [3.05, 3.63) is 38.8 Å². The van der Waals surface area contributed by atoms with Gasteiger partial charge in [-0.15, -0.1) is 11.3 Å². The molecular weight excluding hydrogens is 334 g/mol. The van der Waals surface area contributed by atoms with Gasteiger partial charge in [-0.3, -0.25) is 4.79 Å². The summed E-state index contributed by atoms with van der Waals surface area (Å²) >= 11 is 7.78. The van der Waals surface area contributed by atoms with E-state index in [1.165, 1.54) is 11.3 Å². The van der Waals surface area contributed by atoms with Crippen molar-refractivity contribution in [3.63, 3.8) is 0 Å². The van der Waals surface area contributed by atoms with Crippen molar-refractivity contribution in [1.29, 1.82) is 0 Å². The van der Waals surface area contributed by atoms with Gasteiger partial charge < -0.3 is 15.0 Å². The van der Waals surface area contributed by atoms with Crippen LogP contribution < -0.4 is 10.2 Å². The van der Waals surface area contributed by atoms with Gasteiger partial charge in [-0.1, -0.05) is 11.6 Å². The van der Waals surface area contributed by atoms with Crippen LogP contribution in [-0.4, -0.2) is 37.2 Å². The van der Waals surface area contributed by atoms with Gasteiger partial charge in [-0.05, 0) is 32.0 Å². The first-order valence-electron chi connectivity index (χ1n) is 7.42. The predicted octanol–water partition coefficient (Wildman–Crippen LogP) is 3.50. The monoisotopic (exact) mass is 351 g/mol. The van der Waals surface area contributed by atoms with E-state index in [1.807, 2.05) is 26.0 Å². The Hall–Kier alpha value is -1.63. The number of halogens is 1. The van der Waals surface area contributed by atoms with Crippen molar-refractivity contribution < 1.29 is 9.53 Å². The van der Waals surface area contributed by atoms with Crippen LogP contribution in [0.4, 0.5) is 11.4 Å². The molecular formula is C16H18ClN3O2S. The third kappa shape index (κ3) is 3.65. The van der Waals surface area contributed by atoms with Gasteiger partial charge >= 0.3 is 0 Å². The zero-order chi connectivity index (χ0) is 16.4. The molecule has 2 heterocycles. The number of benzene rings is 1. The van der Waals surface area contributed by atoms with Crippen molar-refractivity contribution >= 4 is 40.2 Å². The fourth-order valence-electron chi connectivity index (χ4n) is 2.58. The van der Waals surface area contributed by atoms with Crippen molar-refractivity contribution in [2.45, 2.75) is 13.8 Å². The second kappa shape index (κ2) is 6.86. The number of hydrogen-bond acceptors (Lipinski definition) is 5. The Balaban J connectivity index is 1.75. The minimum Gasteiger partial charge on any atom is -0.378 e. The molecule has 1 aliphatic heterocycles. The SMILES string of the molecule is Cc1nc(C)c(C(=O)Nc2ccc(N3CCOCC3)c(Cl)c2)s1. The van der Waals surface area contributed by atoms with E-state index in [1.54, 1.807) is 6.07 Å². The number of carbonyl (C=O) groups excluding carboxylic acids is 1. The van der Waals surface area contributed by atoms with Crippen molar-refractivity contribution in [2.24, 2.45) is 0 Å². The average Bonchev–Trinajstić information content (AvgIpc) is 2.87. The van der Waals surface area contributed by atoms with Gasteiger partial charge in [0.1, 0.15) is 4.88 Å². The Morgan fingerprint density at radius 3 is 2.70 bits per heavy atom. The molecule has 5 nitrogen and oxygen atoms in total. The molecule has 0 bridgehead atoms. The molecule has 122 valence electrons. The van der Waals surface area contributed by atoms with Crippen LogP contribution in [0, 0.1) is 13.8 Å². The van der Waals surface area contributed by atoms with E-state index in [0.717, 1.165) is 29.5 Å². The highest BCUT2D eigenvalue weighted by molar-refractivity contribution is 7.13. The molecule has 0 spiro atoms. The van der Waals surface area contributed by atoms with Crippen LogP contribution >= 0.6 is 22.9 Å². The summed E-state index contributed by atoms with van der Waals surface area (Å²) in [5.74, 6) is -0.150. The number of aromatic nitrogens is 1. The maximum Gasteiger partial charge on any atom is 0.267 e. The van der Waals surface area contributed by atoms with Crippen molar-refractivity contribution in [2.75, 3.05) is 36.5 Å². The minimum absolute atomic E-state index is 0.150. The van der Waals surface area contributed by atoms with E-state index in [4.69, 9.17) is 16.3 Å². The van der Waals surface area contributed by atoms with Crippen LogP contribution in [0.2, 0.25) is 5.02 Å². The van der Waals surface area contributed by atoms with E-state index < -0.39 is 0 Å². The first kappa shape index (κ1) is 16.2. The third-order valence-corrected chi connectivity index (χ3v) is 5.04. The molecule has 1 N–H and O–H groups in total. The standard InChI is InChI=1S/C16H18ClN3O2S/c1-10-15(23-11(2)18-10)16(21)19-12-3-4-14(13(17)9-12)20-5-7-22-8-6-20/h3-4,9H,5-8H2,1-2H3,(H,19,21). The van der Waals surface area contributed by atoms with Crippen LogP contribution in [0.1, 0.15) is 20.4 Å². The topological polar surface area (TPSA) is 54.5 Å². The number of rotatable bonds is 3. The number of thiazole rings is 1. The molecule has 1 aromatic carbocycles. The summed E-state index contributed by atoms with van der Waals surface area (Å²) in [7, 11) is 0. The lowest BCUT2D eigenvalue weighted by Crippen LogP contribution is -2.36. The van der Waals surface area contributed by atoms with Crippen LogP contribution in [-0.2, 0) is 4.74 Å². The zero-order valence-corrected chi connectivity index (χ0v) is 14.6. The van der Waals surface area contributed by atoms with Crippen molar-refractivity contribution in [1.82, 2.24) is 4.98 Å². The Morgan fingerprint density at radius 2 is 2.09 bits per heavy atom. The van der Waals surface area contributed by atoms with E-state index in [0.29, 0.717) is 28.8 Å². The molecule has 0 atom stereocenters. The highest BCUT2D eigenvalue weighted by atomic mass is 35.5. The van der Waals surface area contributed by atoms with Crippen LogP contribution in [0.15, 0.2) is 18.2 Å². The molecule has 1 fully saturated rings. The summed E-state index contributed by atoms with van der Waals surface area (Å²) in [5.41, 5.74) is 2.40. The van der Waals surface area contributed by atoms with Gasteiger partial charge in [-0.25, -0.2) is 4.98 Å². The molecule has 3 rings (SSSR count). The molecule has 1 saturated heterocycles. The molecule has 0 unspecified atom stereocenters. The van der Waals surface area contributed by atoms with Crippen LogP contribution in [0.25, 0.3) is 0 Å². The molecule has 7 heteroatoms. The summed E-state index contributed by atoms with van der Waals surface area (Å²) in [6, 6.07) is 5.60. The van der Waals surface area contributed by atoms with Gasteiger partial charge in [-0.2, -0.15) is 0 Å². The molecule has 2 aromatic rings. The second-order valence-corrected chi connectivity index (χ2v) is 6.98. The largest absolute Gasteiger partial charge is 0.378 e. The lowest BCUT2D eigenvalue weighted by Gasteiger charge is -2.29. The summed E-state index contributed by atoms with van der Waals surface area (Å²) in [6.07, 6.45) is 0. The molecule has 0 radical (unpaired) electrons. The fraction of sp³-hybridized carbons (Fsp3) is 0.375. The Labute approximate surface area is 144 Å². The number of anilines is 2. The first-order valence-corrected chi connectivity index (χ1v) is 8.61. The average molecular weight is 352 g/mol. The van der Waals surface area contributed by atoms with E-state index in [2.05, 4.69) is 15.2 Å². The number of carbonyl (C=O) groups is 1. The van der Waals surface area contributed by atoms with Gasteiger partial charge in [0.2, 0.25) is 0 Å². The number of aryl methyl sites for hydroxylation is 2. The quantitative estimate of drug-likeness (QED) is 0.919. The normalized spacial score (nSPS) is 14.8. The molecule has 1 aliphatic rings. The fourth-order valence-corrected chi connectivity index (χ4v) is 3.69. The van der Waals surface area contributed by atoms with Gasteiger partial charge in [0.25, 0.3) is 5.91 Å². The van der Waals surface area contributed by atoms with Gasteiger partial charge in [0, 0.05) is 18.8 Å². The molecule has 0 saturated carbocycles. The van der Waals surface area contributed by atoms with Gasteiger partial charge in [0.05, 0.1) is 34.6 Å². The van der Waals surface area contributed by atoms with E-state index in [-0.39, 0.29) is 5.91 Å². The van der Waals surface area contributed by atoms with Crippen LogP contribution in [0.3, 0.4) is 0 Å². The number of amides is 1. The predicted molar refractivity (Wildman–Crippen MR) is 94.0 cm³/mol. The summed E-state index contributed by atoms with van der Waals surface area (Å²) in [6.45, 7) is 6.79. The number of nitrogens with one attached hydrogen (secondary N) is 1. The summed E-state index contributed by atoms with van der Waals surface area (Å²) < 4.78 is 5.35.